The van der Waals surface area contributed by atoms with E-state index in [-0.39, 0.29) is 32.8 Å². The largest absolute Gasteiger partial charge is 0.345 e. The molecule has 2 aromatic rings. The van der Waals surface area contributed by atoms with Crippen LogP contribution in [0.4, 0.5) is 0 Å². The Morgan fingerprint density at radius 1 is 1.08 bits per heavy atom. The van der Waals surface area contributed by atoms with Crippen LogP contribution in [0.5, 0.6) is 0 Å². The van der Waals surface area contributed by atoms with E-state index in [0.29, 0.717) is 0 Å². The van der Waals surface area contributed by atoms with Crippen molar-refractivity contribution >= 4 is 27.3 Å². The Balaban J connectivity index is 2.37. The molecule has 6 heteroatoms. The summed E-state index contributed by atoms with van der Waals surface area (Å²) in [6.07, 6.45) is 1.07. The number of carbonyl (C=O) groups is 1. The Morgan fingerprint density at radius 3 is 2.20 bits per heavy atom. The van der Waals surface area contributed by atoms with Gasteiger partial charge in [0.2, 0.25) is 0 Å². The summed E-state index contributed by atoms with van der Waals surface area (Å²) in [4.78, 5) is 12.7. The third kappa shape index (κ3) is 4.83. The number of nitrogens with one attached hydrogen (secondary N) is 1. The van der Waals surface area contributed by atoms with Gasteiger partial charge in [0, 0.05) is 11.8 Å². The van der Waals surface area contributed by atoms with Crippen LogP contribution in [-0.2, 0) is 9.84 Å². The summed E-state index contributed by atoms with van der Waals surface area (Å²) >= 11 is 5.95. The van der Waals surface area contributed by atoms with Crippen molar-refractivity contribution in [3.63, 3.8) is 0 Å². The Bertz CT molecular complexity index is 871. The number of rotatable bonds is 4. The molecule has 1 unspecified atom stereocenters. The molecule has 0 saturated heterocycles. The van der Waals surface area contributed by atoms with E-state index in [2.05, 4.69) is 5.32 Å². The molecular formula is C19H22ClNO3S. The molecular weight excluding hydrogens is 358 g/mol. The molecule has 134 valence electrons. The minimum absolute atomic E-state index is 0.0474. The average Bonchev–Trinajstić information content (AvgIpc) is 2.51. The van der Waals surface area contributed by atoms with E-state index in [0.717, 1.165) is 11.8 Å². The lowest BCUT2D eigenvalue weighted by molar-refractivity contribution is 0.0901. The summed E-state index contributed by atoms with van der Waals surface area (Å²) in [5.41, 5.74) is 1.03. The highest BCUT2D eigenvalue weighted by Gasteiger charge is 2.28. The lowest BCUT2D eigenvalue weighted by Crippen LogP contribution is -2.36. The third-order valence-electron chi connectivity index (χ3n) is 3.87. The molecule has 0 bridgehead atoms. The quantitative estimate of drug-likeness (QED) is 0.863. The molecule has 1 atom stereocenters. The predicted molar refractivity (Wildman–Crippen MR) is 101 cm³/mol. The van der Waals surface area contributed by atoms with Crippen molar-refractivity contribution < 1.29 is 13.2 Å². The van der Waals surface area contributed by atoms with Crippen LogP contribution in [0.1, 0.15) is 42.7 Å². The lowest BCUT2D eigenvalue weighted by Gasteiger charge is -2.32. The first-order valence-electron chi connectivity index (χ1n) is 7.85. The number of sulfone groups is 1. The van der Waals surface area contributed by atoms with E-state index in [1.807, 2.05) is 51.1 Å². The summed E-state index contributed by atoms with van der Waals surface area (Å²) < 4.78 is 23.6. The molecule has 0 aliphatic rings. The van der Waals surface area contributed by atoms with Gasteiger partial charge >= 0.3 is 0 Å². The van der Waals surface area contributed by atoms with Crippen molar-refractivity contribution in [2.45, 2.75) is 31.7 Å². The molecule has 0 radical (unpaired) electrons. The van der Waals surface area contributed by atoms with Gasteiger partial charge in [-0.05, 0) is 29.2 Å². The maximum atomic E-state index is 12.7. The molecule has 0 aliphatic heterocycles. The molecule has 0 aromatic heterocycles. The maximum Gasteiger partial charge on any atom is 0.251 e. The lowest BCUT2D eigenvalue weighted by atomic mass is 9.82. The van der Waals surface area contributed by atoms with Gasteiger partial charge in [-0.3, -0.25) is 4.79 Å². The zero-order valence-corrected chi connectivity index (χ0v) is 16.3. The summed E-state index contributed by atoms with van der Waals surface area (Å²) in [7, 11) is -3.51. The smallest absolute Gasteiger partial charge is 0.251 e. The van der Waals surface area contributed by atoms with Crippen LogP contribution in [0.25, 0.3) is 0 Å². The van der Waals surface area contributed by atoms with Gasteiger partial charge in [0.1, 0.15) is 0 Å². The molecule has 0 saturated carbocycles. The number of hydrogen-bond donors (Lipinski definition) is 1. The van der Waals surface area contributed by atoms with E-state index in [4.69, 9.17) is 11.6 Å². The number of halogens is 1. The van der Waals surface area contributed by atoms with E-state index in [1.54, 1.807) is 0 Å². The Morgan fingerprint density at radius 2 is 1.68 bits per heavy atom. The van der Waals surface area contributed by atoms with Crippen molar-refractivity contribution in [3.05, 3.63) is 64.7 Å². The van der Waals surface area contributed by atoms with E-state index in [9.17, 15) is 13.2 Å². The predicted octanol–water partition coefficient (Wildman–Crippen LogP) is 4.26. The van der Waals surface area contributed by atoms with Crippen LogP contribution in [0.15, 0.2) is 53.4 Å². The molecule has 0 fully saturated rings. The van der Waals surface area contributed by atoms with Crippen molar-refractivity contribution in [3.8, 4) is 0 Å². The fraction of sp³-hybridized carbons (Fsp3) is 0.316. The van der Waals surface area contributed by atoms with Gasteiger partial charge in [-0.2, -0.15) is 0 Å². The van der Waals surface area contributed by atoms with E-state index in [1.165, 1.54) is 18.2 Å². The van der Waals surface area contributed by atoms with E-state index >= 15 is 0 Å². The fourth-order valence-electron chi connectivity index (χ4n) is 2.59. The highest BCUT2D eigenvalue weighted by Crippen LogP contribution is 2.33. The van der Waals surface area contributed by atoms with Crippen LogP contribution in [-0.4, -0.2) is 20.6 Å². The van der Waals surface area contributed by atoms with Crippen LogP contribution in [0, 0.1) is 5.41 Å². The van der Waals surface area contributed by atoms with Gasteiger partial charge in [-0.15, -0.1) is 0 Å². The van der Waals surface area contributed by atoms with Gasteiger partial charge < -0.3 is 5.32 Å². The highest BCUT2D eigenvalue weighted by atomic mass is 35.5. The van der Waals surface area contributed by atoms with Crippen molar-refractivity contribution in [2.24, 2.45) is 5.41 Å². The number of hydrogen-bond acceptors (Lipinski definition) is 3. The SMILES string of the molecule is CC(C)(C)C(NC(=O)c1ccc(Cl)c(S(C)(=O)=O)c1)c1ccccc1. The summed E-state index contributed by atoms with van der Waals surface area (Å²) in [5.74, 6) is -0.342. The standard InChI is InChI=1S/C19H22ClNO3S/c1-19(2,3)17(13-8-6-5-7-9-13)21-18(22)14-10-11-15(20)16(12-14)25(4,23)24/h5-12,17H,1-4H3,(H,21,22). The minimum atomic E-state index is -3.51. The first kappa shape index (κ1) is 19.5. The second kappa shape index (κ2) is 7.18. The molecule has 0 heterocycles. The van der Waals surface area contributed by atoms with Crippen molar-refractivity contribution in [2.75, 3.05) is 6.26 Å². The monoisotopic (exact) mass is 379 g/mol. The molecule has 4 nitrogen and oxygen atoms in total. The minimum Gasteiger partial charge on any atom is -0.345 e. The summed E-state index contributed by atoms with van der Waals surface area (Å²) in [5, 5.41) is 3.12. The van der Waals surface area contributed by atoms with Crippen molar-refractivity contribution in [1.82, 2.24) is 5.32 Å². The molecule has 2 aromatic carbocycles. The molecule has 1 amide bonds. The fourth-order valence-corrected chi connectivity index (χ4v) is 3.89. The molecule has 2 rings (SSSR count). The second-order valence-electron chi connectivity index (χ2n) is 7.10. The van der Waals surface area contributed by atoms with E-state index < -0.39 is 9.84 Å². The van der Waals surface area contributed by atoms with Gasteiger partial charge in [0.15, 0.2) is 9.84 Å². The molecule has 1 N–H and O–H groups in total. The maximum absolute atomic E-state index is 12.7. The van der Waals surface area contributed by atoms with Gasteiger partial charge in [0.05, 0.1) is 16.0 Å². The Labute approximate surface area is 154 Å². The highest BCUT2D eigenvalue weighted by molar-refractivity contribution is 7.90. The Kier molecular flexibility index (Phi) is 5.59. The molecule has 25 heavy (non-hydrogen) atoms. The normalized spacial score (nSPS) is 13.3. The molecule has 0 aliphatic carbocycles. The van der Waals surface area contributed by atoms with Crippen LogP contribution >= 0.6 is 11.6 Å². The topological polar surface area (TPSA) is 63.2 Å². The zero-order valence-electron chi connectivity index (χ0n) is 14.7. The van der Waals surface area contributed by atoms with Gasteiger partial charge in [0.25, 0.3) is 5.91 Å². The average molecular weight is 380 g/mol. The number of carbonyl (C=O) groups excluding carboxylic acids is 1. The Hall–Kier alpha value is -1.85. The number of amides is 1. The van der Waals surface area contributed by atoms with Crippen LogP contribution < -0.4 is 5.32 Å². The third-order valence-corrected chi connectivity index (χ3v) is 5.45. The zero-order chi connectivity index (χ0) is 18.8. The van der Waals surface area contributed by atoms with Crippen LogP contribution in [0.3, 0.4) is 0 Å². The summed E-state index contributed by atoms with van der Waals surface area (Å²) in [6.45, 7) is 6.11. The molecule has 0 spiro atoms. The van der Waals surface area contributed by atoms with Gasteiger partial charge in [-0.25, -0.2) is 8.42 Å². The second-order valence-corrected chi connectivity index (χ2v) is 9.49. The number of benzene rings is 2. The van der Waals surface area contributed by atoms with Crippen molar-refractivity contribution in [1.29, 1.82) is 0 Å². The first-order valence-corrected chi connectivity index (χ1v) is 10.1. The summed E-state index contributed by atoms with van der Waals surface area (Å²) in [6, 6.07) is 13.7. The van der Waals surface area contributed by atoms with Crippen LogP contribution in [0.2, 0.25) is 5.02 Å². The van der Waals surface area contributed by atoms with Gasteiger partial charge in [-0.1, -0.05) is 62.7 Å². The first-order chi connectivity index (χ1) is 11.5.